The highest BCUT2D eigenvalue weighted by Gasteiger charge is 2.11. The van der Waals surface area contributed by atoms with Crippen LogP contribution < -0.4 is 11.3 Å². The Morgan fingerprint density at radius 2 is 2.24 bits per heavy atom. The van der Waals surface area contributed by atoms with Crippen molar-refractivity contribution in [1.82, 2.24) is 4.57 Å². The van der Waals surface area contributed by atoms with Crippen LogP contribution in [0.4, 0.5) is 0 Å². The first-order valence-electron chi connectivity index (χ1n) is 5.69. The first-order chi connectivity index (χ1) is 8.01. The van der Waals surface area contributed by atoms with Gasteiger partial charge in [-0.1, -0.05) is 25.4 Å². The first kappa shape index (κ1) is 13.3. The van der Waals surface area contributed by atoms with Crippen LogP contribution in [0, 0.1) is 12.8 Å². The molecule has 5 heteroatoms. The highest BCUT2D eigenvalue weighted by atomic mass is 16.4. The van der Waals surface area contributed by atoms with Crippen LogP contribution in [0.5, 0.6) is 0 Å². The number of pyridine rings is 1. The van der Waals surface area contributed by atoms with Gasteiger partial charge >= 0.3 is 0 Å². The summed E-state index contributed by atoms with van der Waals surface area (Å²) < 4.78 is 1.67. The molecule has 0 aliphatic carbocycles. The lowest BCUT2D eigenvalue weighted by molar-refractivity contribution is 0.318. The average molecular weight is 237 g/mol. The number of oxime groups is 1. The Balaban J connectivity index is 3.25. The van der Waals surface area contributed by atoms with Crippen molar-refractivity contribution in [3.05, 3.63) is 33.7 Å². The van der Waals surface area contributed by atoms with Crippen LogP contribution >= 0.6 is 0 Å². The fraction of sp³-hybridized carbons (Fsp3) is 0.500. The molecule has 0 spiro atoms. The highest BCUT2D eigenvalue weighted by molar-refractivity contribution is 5.96. The molecule has 3 N–H and O–H groups in total. The molecular formula is C12H19N3O2. The van der Waals surface area contributed by atoms with Crippen molar-refractivity contribution in [3.8, 4) is 0 Å². The molecule has 1 aromatic rings. The van der Waals surface area contributed by atoms with E-state index in [-0.39, 0.29) is 17.0 Å². The van der Waals surface area contributed by atoms with Gasteiger partial charge in [-0.25, -0.2) is 0 Å². The van der Waals surface area contributed by atoms with E-state index >= 15 is 0 Å². The molecule has 0 aromatic carbocycles. The van der Waals surface area contributed by atoms with Crippen LogP contribution in [-0.4, -0.2) is 15.6 Å². The molecule has 5 nitrogen and oxygen atoms in total. The molecule has 0 saturated carbocycles. The Bertz CT molecular complexity index is 477. The van der Waals surface area contributed by atoms with E-state index in [9.17, 15) is 4.79 Å². The second-order valence-corrected chi connectivity index (χ2v) is 4.30. The normalized spacial score (nSPS) is 13.7. The Kier molecular flexibility index (Phi) is 4.31. The summed E-state index contributed by atoms with van der Waals surface area (Å²) in [5.41, 5.74) is 6.37. The fourth-order valence-electron chi connectivity index (χ4n) is 1.59. The van der Waals surface area contributed by atoms with Crippen molar-refractivity contribution in [3.63, 3.8) is 0 Å². The van der Waals surface area contributed by atoms with Crippen molar-refractivity contribution in [2.45, 2.75) is 33.7 Å². The first-order valence-corrected chi connectivity index (χ1v) is 5.69. The van der Waals surface area contributed by atoms with Crippen LogP contribution in [0.15, 0.2) is 22.1 Å². The average Bonchev–Trinajstić information content (AvgIpc) is 2.33. The van der Waals surface area contributed by atoms with E-state index in [1.807, 2.05) is 6.92 Å². The fourth-order valence-corrected chi connectivity index (χ4v) is 1.59. The molecule has 0 saturated heterocycles. The second-order valence-electron chi connectivity index (χ2n) is 4.30. The van der Waals surface area contributed by atoms with Crippen LogP contribution in [0.2, 0.25) is 0 Å². The number of rotatable bonds is 4. The summed E-state index contributed by atoms with van der Waals surface area (Å²) in [5, 5.41) is 11.5. The van der Waals surface area contributed by atoms with Gasteiger partial charge in [0.15, 0.2) is 5.84 Å². The molecule has 1 unspecified atom stereocenters. The molecule has 0 bridgehead atoms. The molecule has 1 aromatic heterocycles. The lowest BCUT2D eigenvalue weighted by Gasteiger charge is -2.15. The molecule has 94 valence electrons. The molecular weight excluding hydrogens is 218 g/mol. The monoisotopic (exact) mass is 237 g/mol. The molecule has 0 radical (unpaired) electrons. The molecule has 17 heavy (non-hydrogen) atoms. The Labute approximate surface area is 101 Å². The Morgan fingerprint density at radius 1 is 1.59 bits per heavy atom. The third kappa shape index (κ3) is 2.87. The van der Waals surface area contributed by atoms with Gasteiger partial charge in [-0.05, 0) is 25.0 Å². The third-order valence-electron chi connectivity index (χ3n) is 2.97. The standard InChI is InChI=1S/C12H19N3O2/c1-4-8(2)7-15-9(3)5-6-10(12(15)16)11(13)14-17/h5-6,8,17H,4,7H2,1-3H3,(H2,13,14). The number of aromatic nitrogens is 1. The largest absolute Gasteiger partial charge is 0.409 e. The van der Waals surface area contributed by atoms with Gasteiger partial charge in [-0.15, -0.1) is 0 Å². The van der Waals surface area contributed by atoms with Crippen LogP contribution in [0.25, 0.3) is 0 Å². The van der Waals surface area contributed by atoms with E-state index in [0.717, 1.165) is 12.1 Å². The van der Waals surface area contributed by atoms with Crippen LogP contribution in [0.1, 0.15) is 31.5 Å². The Morgan fingerprint density at radius 3 is 2.76 bits per heavy atom. The highest BCUT2D eigenvalue weighted by Crippen LogP contribution is 2.06. The third-order valence-corrected chi connectivity index (χ3v) is 2.97. The van der Waals surface area contributed by atoms with Gasteiger partial charge in [-0.3, -0.25) is 4.79 Å². The lowest BCUT2D eigenvalue weighted by Crippen LogP contribution is -2.32. The summed E-state index contributed by atoms with van der Waals surface area (Å²) in [6.45, 7) is 6.69. The van der Waals surface area contributed by atoms with Crippen molar-refractivity contribution in [1.29, 1.82) is 0 Å². The molecule has 0 aliphatic heterocycles. The summed E-state index contributed by atoms with van der Waals surface area (Å²) >= 11 is 0. The van der Waals surface area contributed by atoms with E-state index in [0.29, 0.717) is 12.5 Å². The van der Waals surface area contributed by atoms with Gasteiger partial charge < -0.3 is 15.5 Å². The smallest absolute Gasteiger partial charge is 0.261 e. The predicted molar refractivity (Wildman–Crippen MR) is 67.4 cm³/mol. The van der Waals surface area contributed by atoms with Crippen molar-refractivity contribution >= 4 is 5.84 Å². The minimum atomic E-state index is -0.208. The molecule has 1 rings (SSSR count). The number of amidine groups is 1. The topological polar surface area (TPSA) is 80.6 Å². The Hall–Kier alpha value is -1.78. The van der Waals surface area contributed by atoms with Gasteiger partial charge in [0.2, 0.25) is 0 Å². The maximum atomic E-state index is 12.1. The minimum Gasteiger partial charge on any atom is -0.409 e. The van der Waals surface area contributed by atoms with E-state index in [1.54, 1.807) is 16.7 Å². The van der Waals surface area contributed by atoms with E-state index in [2.05, 4.69) is 19.0 Å². The minimum absolute atomic E-state index is 0.145. The summed E-state index contributed by atoms with van der Waals surface area (Å²) in [4.78, 5) is 12.1. The van der Waals surface area contributed by atoms with Gasteiger partial charge in [0, 0.05) is 12.2 Å². The quantitative estimate of drug-likeness (QED) is 0.358. The van der Waals surface area contributed by atoms with Gasteiger partial charge in [0.05, 0.1) is 5.56 Å². The molecule has 0 fully saturated rings. The summed E-state index contributed by atoms with van der Waals surface area (Å²) in [7, 11) is 0. The van der Waals surface area contributed by atoms with E-state index in [1.165, 1.54) is 0 Å². The molecule has 1 heterocycles. The lowest BCUT2D eigenvalue weighted by atomic mass is 10.1. The molecule has 0 aliphatic rings. The number of nitrogens with two attached hydrogens (primary N) is 1. The number of nitrogens with zero attached hydrogens (tertiary/aromatic N) is 2. The van der Waals surface area contributed by atoms with E-state index in [4.69, 9.17) is 10.9 Å². The van der Waals surface area contributed by atoms with Crippen LogP contribution in [0.3, 0.4) is 0 Å². The number of hydrogen-bond donors (Lipinski definition) is 2. The van der Waals surface area contributed by atoms with E-state index < -0.39 is 0 Å². The molecule has 1 atom stereocenters. The maximum Gasteiger partial charge on any atom is 0.261 e. The zero-order valence-electron chi connectivity index (χ0n) is 10.5. The summed E-state index contributed by atoms with van der Waals surface area (Å²) in [5.74, 6) is 0.266. The van der Waals surface area contributed by atoms with Crippen molar-refractivity contribution in [2.24, 2.45) is 16.8 Å². The van der Waals surface area contributed by atoms with Gasteiger partial charge in [-0.2, -0.15) is 0 Å². The SMILES string of the molecule is CCC(C)Cn1c(C)ccc(/C(N)=N/O)c1=O. The van der Waals surface area contributed by atoms with Crippen molar-refractivity contribution < 1.29 is 5.21 Å². The zero-order valence-corrected chi connectivity index (χ0v) is 10.5. The van der Waals surface area contributed by atoms with Crippen molar-refractivity contribution in [2.75, 3.05) is 0 Å². The predicted octanol–water partition coefficient (Wildman–Crippen LogP) is 1.30. The summed E-state index contributed by atoms with van der Waals surface area (Å²) in [6, 6.07) is 3.39. The van der Waals surface area contributed by atoms with Gasteiger partial charge in [0.25, 0.3) is 5.56 Å². The molecule has 0 amide bonds. The number of aryl methyl sites for hydroxylation is 1. The second kappa shape index (κ2) is 5.52. The van der Waals surface area contributed by atoms with Crippen LogP contribution in [-0.2, 0) is 6.54 Å². The summed E-state index contributed by atoms with van der Waals surface area (Å²) in [6.07, 6.45) is 1.000. The number of hydrogen-bond acceptors (Lipinski definition) is 3. The van der Waals surface area contributed by atoms with Gasteiger partial charge in [0.1, 0.15) is 0 Å². The zero-order chi connectivity index (χ0) is 13.0. The maximum absolute atomic E-state index is 12.1.